The Morgan fingerprint density at radius 1 is 0.964 bits per heavy atom. The highest BCUT2D eigenvalue weighted by atomic mass is 19.4. The summed E-state index contributed by atoms with van der Waals surface area (Å²) in [7, 11) is 0. The molecule has 2 aromatic carbocycles. The molecule has 0 saturated heterocycles. The van der Waals surface area contributed by atoms with Crippen LogP contribution < -0.4 is 10.2 Å². The van der Waals surface area contributed by atoms with Crippen molar-refractivity contribution >= 4 is 17.5 Å². The summed E-state index contributed by atoms with van der Waals surface area (Å²) < 4.78 is 39.7. The van der Waals surface area contributed by atoms with Gasteiger partial charge in [-0.15, -0.1) is 0 Å². The lowest BCUT2D eigenvalue weighted by atomic mass is 10.1. The highest BCUT2D eigenvalue weighted by Crippen LogP contribution is 2.35. The summed E-state index contributed by atoms with van der Waals surface area (Å²) in [5, 5.41) is 2.78. The zero-order valence-corrected chi connectivity index (χ0v) is 15.6. The van der Waals surface area contributed by atoms with Gasteiger partial charge in [0, 0.05) is 18.8 Å². The van der Waals surface area contributed by atoms with E-state index in [0.717, 1.165) is 11.6 Å². The normalized spacial score (nSPS) is 11.5. The summed E-state index contributed by atoms with van der Waals surface area (Å²) in [6.45, 7) is 4.64. The van der Waals surface area contributed by atoms with Crippen LogP contribution in [-0.2, 0) is 12.7 Å². The maximum atomic E-state index is 13.2. The Kier molecular flexibility index (Phi) is 5.82. The number of aromatic nitrogens is 2. The number of hydrogen-bond acceptors (Lipinski definition) is 4. The minimum absolute atomic E-state index is 0.0428. The van der Waals surface area contributed by atoms with E-state index in [1.54, 1.807) is 18.3 Å². The smallest absolute Gasteiger partial charge is 0.340 e. The molecule has 0 spiro atoms. The lowest BCUT2D eigenvalue weighted by Crippen LogP contribution is -2.31. The van der Waals surface area contributed by atoms with Crippen LogP contribution in [0.3, 0.4) is 0 Å². The molecular formula is C21H21F3N4. The number of alkyl halides is 3. The summed E-state index contributed by atoms with van der Waals surface area (Å²) in [6.07, 6.45) is -2.90. The molecule has 1 heterocycles. The zero-order chi connectivity index (χ0) is 20.1. The van der Waals surface area contributed by atoms with E-state index in [1.165, 1.54) is 12.1 Å². The molecule has 7 heteroatoms. The van der Waals surface area contributed by atoms with Gasteiger partial charge in [-0.25, -0.2) is 4.98 Å². The van der Waals surface area contributed by atoms with Crippen molar-refractivity contribution in [2.45, 2.75) is 32.6 Å². The fraction of sp³-hybridized carbons (Fsp3) is 0.238. The molecule has 0 saturated carbocycles. The van der Waals surface area contributed by atoms with E-state index in [-0.39, 0.29) is 11.7 Å². The second-order valence-corrected chi connectivity index (χ2v) is 6.62. The summed E-state index contributed by atoms with van der Waals surface area (Å²) in [4.78, 5) is 10.8. The molecule has 0 atom stereocenters. The van der Waals surface area contributed by atoms with Crippen molar-refractivity contribution < 1.29 is 13.2 Å². The highest BCUT2D eigenvalue weighted by Gasteiger charge is 2.33. The monoisotopic (exact) mass is 386 g/mol. The van der Waals surface area contributed by atoms with Gasteiger partial charge in [0.1, 0.15) is 5.82 Å². The van der Waals surface area contributed by atoms with Gasteiger partial charge >= 0.3 is 6.18 Å². The van der Waals surface area contributed by atoms with E-state index >= 15 is 0 Å². The lowest BCUT2D eigenvalue weighted by Gasteiger charge is -2.27. The molecule has 1 N–H and O–H groups in total. The molecule has 1 aromatic heterocycles. The minimum Gasteiger partial charge on any atom is -0.340 e. The van der Waals surface area contributed by atoms with Crippen molar-refractivity contribution in [3.63, 3.8) is 0 Å². The van der Waals surface area contributed by atoms with Gasteiger partial charge in [0.05, 0.1) is 11.3 Å². The average Bonchev–Trinajstić information content (AvgIpc) is 2.66. The van der Waals surface area contributed by atoms with Gasteiger partial charge in [0.15, 0.2) is 0 Å². The van der Waals surface area contributed by atoms with E-state index < -0.39 is 11.7 Å². The predicted molar refractivity (Wildman–Crippen MR) is 105 cm³/mol. The molecular weight excluding hydrogens is 365 g/mol. The van der Waals surface area contributed by atoms with Crippen LogP contribution in [0.25, 0.3) is 0 Å². The van der Waals surface area contributed by atoms with Gasteiger partial charge in [-0.05, 0) is 37.6 Å². The number of halogens is 3. The third-order valence-electron chi connectivity index (χ3n) is 4.21. The van der Waals surface area contributed by atoms with Crippen LogP contribution in [0.15, 0.2) is 66.9 Å². The number of nitrogens with zero attached hydrogens (tertiary/aromatic N) is 3. The molecule has 28 heavy (non-hydrogen) atoms. The lowest BCUT2D eigenvalue weighted by molar-refractivity contribution is -0.136. The van der Waals surface area contributed by atoms with Crippen LogP contribution in [-0.4, -0.2) is 16.0 Å². The van der Waals surface area contributed by atoms with Crippen LogP contribution in [0.1, 0.15) is 25.0 Å². The number of para-hydroxylation sites is 1. The average molecular weight is 386 g/mol. The van der Waals surface area contributed by atoms with Crippen molar-refractivity contribution in [1.29, 1.82) is 0 Å². The molecule has 0 bridgehead atoms. The maximum Gasteiger partial charge on any atom is 0.418 e. The molecule has 4 nitrogen and oxygen atoms in total. The van der Waals surface area contributed by atoms with Gasteiger partial charge in [-0.2, -0.15) is 18.2 Å². The van der Waals surface area contributed by atoms with Crippen molar-refractivity contribution in [2.75, 3.05) is 10.2 Å². The molecule has 146 valence electrons. The van der Waals surface area contributed by atoms with E-state index in [2.05, 4.69) is 15.3 Å². The van der Waals surface area contributed by atoms with Gasteiger partial charge in [0.25, 0.3) is 0 Å². The SMILES string of the molecule is CC(C)N(Cc1ccccc1)c1nccc(Nc2ccccc2C(F)(F)F)n1. The standard InChI is InChI=1S/C21H21F3N4/c1-15(2)28(14-16-8-4-3-5-9-16)20-25-13-12-19(27-20)26-18-11-7-6-10-17(18)21(22,23)24/h3-13,15H,14H2,1-2H3,(H,25,26,27). The number of rotatable bonds is 6. The molecule has 0 fully saturated rings. The Morgan fingerprint density at radius 2 is 1.64 bits per heavy atom. The second kappa shape index (κ2) is 8.29. The van der Waals surface area contributed by atoms with Crippen LogP contribution >= 0.6 is 0 Å². The first-order chi connectivity index (χ1) is 13.3. The van der Waals surface area contributed by atoms with Gasteiger partial charge in [-0.3, -0.25) is 0 Å². The molecule has 0 amide bonds. The number of anilines is 3. The third-order valence-corrected chi connectivity index (χ3v) is 4.21. The third kappa shape index (κ3) is 4.79. The van der Waals surface area contributed by atoms with Crippen molar-refractivity contribution in [3.8, 4) is 0 Å². The van der Waals surface area contributed by atoms with Crippen LogP contribution in [0, 0.1) is 0 Å². The Hall–Kier alpha value is -3.09. The highest BCUT2D eigenvalue weighted by molar-refractivity contribution is 5.62. The van der Waals surface area contributed by atoms with Gasteiger partial charge in [-0.1, -0.05) is 42.5 Å². The fourth-order valence-electron chi connectivity index (χ4n) is 2.80. The van der Waals surface area contributed by atoms with Gasteiger partial charge < -0.3 is 10.2 Å². The van der Waals surface area contributed by atoms with Gasteiger partial charge in [0.2, 0.25) is 5.95 Å². The topological polar surface area (TPSA) is 41.1 Å². The van der Waals surface area contributed by atoms with Crippen LogP contribution in [0.4, 0.5) is 30.6 Å². The molecule has 3 rings (SSSR count). The largest absolute Gasteiger partial charge is 0.418 e. The maximum absolute atomic E-state index is 13.2. The predicted octanol–water partition coefficient (Wildman–Crippen LogP) is 5.65. The second-order valence-electron chi connectivity index (χ2n) is 6.62. The first-order valence-electron chi connectivity index (χ1n) is 8.91. The summed E-state index contributed by atoms with van der Waals surface area (Å²) in [6, 6.07) is 16.9. The summed E-state index contributed by atoms with van der Waals surface area (Å²) >= 11 is 0. The molecule has 0 radical (unpaired) electrons. The minimum atomic E-state index is -4.45. The molecule has 0 unspecified atom stereocenters. The molecule has 3 aromatic rings. The number of benzene rings is 2. The fourth-order valence-corrected chi connectivity index (χ4v) is 2.80. The Balaban J connectivity index is 1.87. The Labute approximate surface area is 162 Å². The van der Waals surface area contributed by atoms with Crippen LogP contribution in [0.2, 0.25) is 0 Å². The van der Waals surface area contributed by atoms with E-state index in [9.17, 15) is 13.2 Å². The Morgan fingerprint density at radius 3 is 2.32 bits per heavy atom. The van der Waals surface area contributed by atoms with Crippen molar-refractivity contribution in [1.82, 2.24) is 9.97 Å². The quantitative estimate of drug-likeness (QED) is 0.594. The van der Waals surface area contributed by atoms with E-state index in [1.807, 2.05) is 49.1 Å². The molecule has 0 aliphatic carbocycles. The first kappa shape index (κ1) is 19.7. The Bertz CT molecular complexity index is 911. The van der Waals surface area contributed by atoms with Crippen LogP contribution in [0.5, 0.6) is 0 Å². The summed E-state index contributed by atoms with van der Waals surface area (Å²) in [5.74, 6) is 0.758. The number of hydrogen-bond donors (Lipinski definition) is 1. The zero-order valence-electron chi connectivity index (χ0n) is 15.6. The summed E-state index contributed by atoms with van der Waals surface area (Å²) in [5.41, 5.74) is 0.319. The first-order valence-corrected chi connectivity index (χ1v) is 8.91. The van der Waals surface area contributed by atoms with E-state index in [0.29, 0.717) is 18.3 Å². The molecule has 0 aliphatic heterocycles. The van der Waals surface area contributed by atoms with E-state index in [4.69, 9.17) is 0 Å². The molecule has 0 aliphatic rings. The van der Waals surface area contributed by atoms with Crippen molar-refractivity contribution in [3.05, 3.63) is 78.0 Å². The number of nitrogens with one attached hydrogen (secondary N) is 1. The van der Waals surface area contributed by atoms with Crippen molar-refractivity contribution in [2.24, 2.45) is 0 Å².